The second kappa shape index (κ2) is 29.0. The predicted octanol–water partition coefficient (Wildman–Crippen LogP) is 9.38. The summed E-state index contributed by atoms with van der Waals surface area (Å²) < 4.78 is 23.4. The van der Waals surface area contributed by atoms with E-state index in [0.717, 1.165) is 111 Å². The van der Waals surface area contributed by atoms with E-state index in [0.29, 0.717) is 63.0 Å². The number of nitrogens with zero attached hydrogens (tertiary/aromatic N) is 11. The van der Waals surface area contributed by atoms with Crippen LogP contribution < -0.4 is 28.7 Å². The fourth-order valence-electron chi connectivity index (χ4n) is 11.5. The van der Waals surface area contributed by atoms with E-state index < -0.39 is 5.24 Å². The number of likely N-dealkylation sites (tertiary alicyclic amines) is 2. The number of hydrogen-bond acceptors (Lipinski definition) is 16. The number of rotatable bonds is 16. The summed E-state index contributed by atoms with van der Waals surface area (Å²) in [4.78, 5) is 57.8. The molecule has 1 amide bonds. The van der Waals surface area contributed by atoms with E-state index in [1.807, 2.05) is 17.0 Å². The molecule has 0 aliphatic carbocycles. The number of halogens is 1. The summed E-state index contributed by atoms with van der Waals surface area (Å²) in [5, 5.41) is -0.509. The minimum absolute atomic E-state index is 0. The van der Waals surface area contributed by atoms with Crippen molar-refractivity contribution in [2.75, 3.05) is 90.6 Å². The number of allylic oxidation sites excluding steroid dienone is 1. The number of carbonyl (C=O) groups is 2. The number of piperidine rings is 1. The Bertz CT molecular complexity index is 2710. The third-order valence-electron chi connectivity index (χ3n) is 16.3. The summed E-state index contributed by atoms with van der Waals surface area (Å²) in [7, 11) is 7.77. The number of benzene rings is 2. The molecule has 6 aliphatic heterocycles. The van der Waals surface area contributed by atoms with Crippen LogP contribution in [-0.4, -0.2) is 161 Å². The normalized spacial score (nSPS) is 21.1. The molecule has 0 unspecified atom stereocenters. The molecule has 2 aromatic carbocycles. The van der Waals surface area contributed by atoms with Crippen molar-refractivity contribution in [1.82, 2.24) is 44.4 Å². The van der Waals surface area contributed by atoms with Gasteiger partial charge in [-0.2, -0.15) is 19.9 Å². The number of fused-ring (bicyclic) bond motifs is 2. The molecule has 4 saturated heterocycles. The van der Waals surface area contributed by atoms with Crippen molar-refractivity contribution in [2.24, 2.45) is 0 Å². The van der Waals surface area contributed by atoms with E-state index in [1.165, 1.54) is 72.4 Å². The largest absolute Gasteiger partial charge is 0.497 e. The van der Waals surface area contributed by atoms with Crippen molar-refractivity contribution in [3.63, 3.8) is 0 Å². The van der Waals surface area contributed by atoms with Gasteiger partial charge in [0.15, 0.2) is 0 Å². The molecule has 432 valence electrons. The molecule has 4 atom stereocenters. The molecule has 0 bridgehead atoms. The first-order chi connectivity index (χ1) is 37.1. The van der Waals surface area contributed by atoms with Crippen LogP contribution in [0, 0.1) is 13.8 Å². The van der Waals surface area contributed by atoms with Gasteiger partial charge in [-0.3, -0.25) is 19.4 Å². The highest BCUT2D eigenvalue weighted by Gasteiger charge is 2.35. The smallest absolute Gasteiger partial charge is 0.318 e. The Kier molecular flexibility index (Phi) is 22.9. The lowest BCUT2D eigenvalue weighted by Gasteiger charge is -2.40. The van der Waals surface area contributed by atoms with Gasteiger partial charge in [-0.1, -0.05) is 40.1 Å². The first-order valence-electron chi connectivity index (χ1n) is 27.6. The lowest BCUT2D eigenvalue weighted by atomic mass is 10.0. The van der Waals surface area contributed by atoms with Crippen molar-refractivity contribution in [3.05, 3.63) is 106 Å². The third-order valence-corrected chi connectivity index (χ3v) is 16.4. The highest BCUT2D eigenvalue weighted by atomic mass is 35.5. The molecule has 8 heterocycles. The van der Waals surface area contributed by atoms with Gasteiger partial charge < -0.3 is 43.4 Å². The highest BCUT2D eigenvalue weighted by Crippen LogP contribution is 2.37. The summed E-state index contributed by atoms with van der Waals surface area (Å²) >= 11 is 4.71. The summed E-state index contributed by atoms with van der Waals surface area (Å²) in [5.41, 5.74) is 9.67. The maximum Gasteiger partial charge on any atom is 0.318 e. The second-order valence-corrected chi connectivity index (χ2v) is 22.0. The average molecular weight is 1110 g/mol. The molecule has 2 aromatic heterocycles. The molecular weight excluding hydrogens is 1020 g/mol. The van der Waals surface area contributed by atoms with Crippen LogP contribution in [0.25, 0.3) is 0 Å². The van der Waals surface area contributed by atoms with Crippen molar-refractivity contribution < 1.29 is 28.5 Å². The molecule has 18 heteroatoms. The fourth-order valence-corrected chi connectivity index (χ4v) is 11.5. The van der Waals surface area contributed by atoms with Crippen molar-refractivity contribution in [2.45, 2.75) is 151 Å². The molecule has 79 heavy (non-hydrogen) atoms. The molecule has 4 fully saturated rings. The molecule has 0 radical (unpaired) electrons. The van der Waals surface area contributed by atoms with E-state index in [2.05, 4.69) is 109 Å². The van der Waals surface area contributed by atoms with Crippen LogP contribution in [0.15, 0.2) is 61.7 Å². The van der Waals surface area contributed by atoms with Gasteiger partial charge in [0.1, 0.15) is 36.3 Å². The van der Waals surface area contributed by atoms with Crippen LogP contribution in [0.5, 0.6) is 23.5 Å². The molecule has 4 aromatic rings. The Labute approximate surface area is 476 Å². The maximum absolute atomic E-state index is 12.2. The maximum atomic E-state index is 12.2. The Morgan fingerprint density at radius 2 is 1.11 bits per heavy atom. The number of hydrogen-bond donors (Lipinski definition) is 0. The van der Waals surface area contributed by atoms with Gasteiger partial charge in [0.2, 0.25) is 11.1 Å². The molecule has 0 spiro atoms. The van der Waals surface area contributed by atoms with Gasteiger partial charge >= 0.3 is 12.0 Å². The third kappa shape index (κ3) is 15.7. The molecule has 17 nitrogen and oxygen atoms in total. The zero-order valence-electron chi connectivity index (χ0n) is 46.9. The first kappa shape index (κ1) is 62.3. The number of amides is 1. The van der Waals surface area contributed by atoms with Gasteiger partial charge in [0.25, 0.3) is 0 Å². The van der Waals surface area contributed by atoms with Crippen molar-refractivity contribution >= 4 is 34.4 Å². The Hall–Kier alpha value is -5.85. The van der Waals surface area contributed by atoms with Crippen LogP contribution in [0.2, 0.25) is 0 Å². The Balaban J connectivity index is 0.000000231. The van der Waals surface area contributed by atoms with E-state index in [4.69, 9.17) is 50.5 Å². The standard InChI is InChI=1S/C29H40N6O3.C27H39N5O2.C3H3ClO.2CH4/c1-6-27(36)34-12-13-35(21(3)15-34)28-25-17-33(16-22-14-24(37-5)10-9-20(22)2)18-26(25)30-29(31-28)38-19-23-8-7-11-32(23)4;1-19-10-11-23(33-4)14-21(19)15-31-16-24-25(17-31)28-27(34-18-22-9-7-12-30(22)3)29-26(24)32-13-6-5-8-20(32)2;1-2-3(4)5;;/h6,9-10,14,21,23H,1,7-8,11-13,15-19H2,2-5H3;10-11,14,20,22H,5-9,12-13,15-18H2,1-4H3;2H,1H2;2*1H4/t21-,23-;20-,22-;;;/m00.../s1. The van der Waals surface area contributed by atoms with Gasteiger partial charge in [-0.25, -0.2) is 0 Å². The number of ether oxygens (including phenoxy) is 4. The number of aryl methyl sites for hydroxylation is 2. The molecule has 0 N–H and O–H groups in total. The van der Waals surface area contributed by atoms with E-state index in [-0.39, 0.29) is 26.8 Å². The van der Waals surface area contributed by atoms with E-state index in [1.54, 1.807) is 14.2 Å². The Morgan fingerprint density at radius 3 is 1.52 bits per heavy atom. The second-order valence-electron chi connectivity index (χ2n) is 21.6. The molecule has 0 saturated carbocycles. The number of methoxy groups -OCH3 is 2. The van der Waals surface area contributed by atoms with Crippen LogP contribution in [0.3, 0.4) is 0 Å². The molecule has 6 aliphatic rings. The van der Waals surface area contributed by atoms with E-state index >= 15 is 0 Å². The summed E-state index contributed by atoms with van der Waals surface area (Å²) in [6, 6.07) is 15.0. The zero-order chi connectivity index (χ0) is 54.8. The lowest BCUT2D eigenvalue weighted by Crippen LogP contribution is -2.54. The van der Waals surface area contributed by atoms with Crippen molar-refractivity contribution in [1.29, 1.82) is 0 Å². The quantitative estimate of drug-likeness (QED) is 0.0775. The van der Waals surface area contributed by atoms with Crippen LogP contribution >= 0.6 is 11.6 Å². The minimum atomic E-state index is -0.509. The van der Waals surface area contributed by atoms with Crippen molar-refractivity contribution in [3.8, 4) is 23.5 Å². The molecular formula is C61H90ClN11O6. The summed E-state index contributed by atoms with van der Waals surface area (Å²) in [6.45, 7) is 27.0. The van der Waals surface area contributed by atoms with Crippen LogP contribution in [-0.2, 0) is 48.9 Å². The van der Waals surface area contributed by atoms with E-state index in [9.17, 15) is 9.59 Å². The summed E-state index contributed by atoms with van der Waals surface area (Å²) in [6.07, 6.45) is 10.9. The number of likely N-dealkylation sites (N-methyl/N-ethyl adjacent to an activating group) is 2. The summed E-state index contributed by atoms with van der Waals surface area (Å²) in [5.74, 6) is 3.79. The van der Waals surface area contributed by atoms with Crippen LogP contribution in [0.4, 0.5) is 11.6 Å². The number of aromatic nitrogens is 4. The van der Waals surface area contributed by atoms with Gasteiger partial charge in [0.05, 0.1) is 25.6 Å². The number of anilines is 2. The lowest BCUT2D eigenvalue weighted by molar-refractivity contribution is -0.126. The van der Waals surface area contributed by atoms with Gasteiger partial charge in [0, 0.05) is 101 Å². The van der Waals surface area contributed by atoms with Gasteiger partial charge in [-0.05, 0) is 170 Å². The Morgan fingerprint density at radius 1 is 0.633 bits per heavy atom. The monoisotopic (exact) mass is 1110 g/mol. The average Bonchev–Trinajstić information content (AvgIpc) is 4.39. The minimum Gasteiger partial charge on any atom is -0.497 e. The van der Waals surface area contributed by atoms with Gasteiger partial charge in [-0.15, -0.1) is 0 Å². The number of piperazine rings is 1. The first-order valence-corrected chi connectivity index (χ1v) is 28.0. The topological polar surface area (TPSA) is 145 Å². The van der Waals surface area contributed by atoms with Crippen LogP contribution in [0.1, 0.15) is 118 Å². The SMILES string of the molecule is C.C.C=CC(=O)Cl.C=CC(=O)N1CCN(c2nc(OC[C@@H]3CCCN3C)nc3c2CN(Cc2cc(OC)ccc2C)C3)[C@@H](C)C1.COc1ccc(C)c(CN2Cc3nc(OC[C@@H]4CCCN4C)nc(N4CCCC[C@@H]4C)c3C2)c1. The highest BCUT2D eigenvalue weighted by molar-refractivity contribution is 6.66. The fraction of sp³-hybridized carbons (Fsp3) is 0.574. The predicted molar refractivity (Wildman–Crippen MR) is 316 cm³/mol. The number of carbonyl (C=O) groups excluding carboxylic acids is 2. The zero-order valence-corrected chi connectivity index (χ0v) is 47.7. The molecule has 10 rings (SSSR count).